The number of ether oxygens (including phenoxy) is 1. The number of aromatic nitrogens is 2. The van der Waals surface area contributed by atoms with Gasteiger partial charge in [-0.25, -0.2) is 9.97 Å². The molecule has 0 aliphatic rings. The molecule has 102 valence electrons. The Kier molecular flexibility index (Phi) is 6.43. The second-order valence-corrected chi connectivity index (χ2v) is 4.42. The van der Waals surface area contributed by atoms with E-state index in [0.717, 1.165) is 12.2 Å². The van der Waals surface area contributed by atoms with Gasteiger partial charge >= 0.3 is 0 Å². The van der Waals surface area contributed by atoms with Crippen LogP contribution in [-0.4, -0.2) is 22.6 Å². The zero-order valence-corrected chi connectivity index (χ0v) is 11.6. The molecule has 5 heteroatoms. The molecule has 1 rings (SSSR count). The van der Waals surface area contributed by atoms with E-state index >= 15 is 0 Å². The van der Waals surface area contributed by atoms with Crippen molar-refractivity contribution < 1.29 is 4.74 Å². The lowest BCUT2D eigenvalue weighted by Gasteiger charge is -2.15. The molecule has 3 N–H and O–H groups in total. The highest BCUT2D eigenvalue weighted by molar-refractivity contribution is 5.45. The van der Waals surface area contributed by atoms with Crippen LogP contribution in [0.15, 0.2) is 6.07 Å². The number of hydrogen-bond donors (Lipinski definition) is 2. The maximum atomic E-state index is 5.76. The van der Waals surface area contributed by atoms with Crippen molar-refractivity contribution in [2.45, 2.75) is 52.7 Å². The second-order valence-electron chi connectivity index (χ2n) is 4.42. The number of nitrogens with two attached hydrogens (primary N) is 1. The van der Waals surface area contributed by atoms with Gasteiger partial charge in [0.25, 0.3) is 0 Å². The molecule has 1 aromatic rings. The third-order valence-electron chi connectivity index (χ3n) is 2.61. The molecule has 0 aromatic carbocycles. The molecule has 0 aliphatic carbocycles. The van der Waals surface area contributed by atoms with Crippen molar-refractivity contribution in [2.75, 3.05) is 17.7 Å². The van der Waals surface area contributed by atoms with Gasteiger partial charge in [-0.1, -0.05) is 19.8 Å². The largest absolute Gasteiger partial charge is 0.384 e. The standard InChI is InChI=1S/C13H24N4O/c1-4-6-7-10(3)15-12-8-11(14)16-13(17-12)9-18-5-2/h8,10H,4-7,9H2,1-3H3,(H3,14,15,16,17). The van der Waals surface area contributed by atoms with Crippen LogP contribution in [-0.2, 0) is 11.3 Å². The van der Waals surface area contributed by atoms with Crippen molar-refractivity contribution in [1.29, 1.82) is 0 Å². The second kappa shape index (κ2) is 7.87. The van der Waals surface area contributed by atoms with Gasteiger partial charge in [0.1, 0.15) is 18.2 Å². The Morgan fingerprint density at radius 1 is 1.39 bits per heavy atom. The molecular formula is C13H24N4O. The van der Waals surface area contributed by atoms with Gasteiger partial charge in [0.2, 0.25) is 0 Å². The van der Waals surface area contributed by atoms with Crippen molar-refractivity contribution >= 4 is 11.6 Å². The molecule has 0 saturated heterocycles. The molecule has 0 radical (unpaired) electrons. The molecule has 18 heavy (non-hydrogen) atoms. The van der Waals surface area contributed by atoms with Gasteiger partial charge in [0, 0.05) is 18.7 Å². The van der Waals surface area contributed by atoms with Crippen molar-refractivity contribution in [3.8, 4) is 0 Å². The first kappa shape index (κ1) is 14.7. The molecule has 0 bridgehead atoms. The van der Waals surface area contributed by atoms with Crippen LogP contribution in [0.3, 0.4) is 0 Å². The fourth-order valence-electron chi connectivity index (χ4n) is 1.68. The van der Waals surface area contributed by atoms with Gasteiger partial charge in [-0.3, -0.25) is 0 Å². The number of hydrogen-bond acceptors (Lipinski definition) is 5. The van der Waals surface area contributed by atoms with Gasteiger partial charge < -0.3 is 15.8 Å². The number of unbranched alkanes of at least 4 members (excludes halogenated alkanes) is 1. The molecule has 1 heterocycles. The van der Waals surface area contributed by atoms with Gasteiger partial charge in [0.05, 0.1) is 0 Å². The quantitative estimate of drug-likeness (QED) is 0.744. The first-order valence-corrected chi connectivity index (χ1v) is 6.63. The van der Waals surface area contributed by atoms with E-state index in [0.29, 0.717) is 30.9 Å². The molecule has 0 saturated carbocycles. The summed E-state index contributed by atoms with van der Waals surface area (Å²) in [7, 11) is 0. The van der Waals surface area contributed by atoms with Gasteiger partial charge in [-0.2, -0.15) is 0 Å². The molecule has 5 nitrogen and oxygen atoms in total. The van der Waals surface area contributed by atoms with Crippen LogP contribution < -0.4 is 11.1 Å². The van der Waals surface area contributed by atoms with E-state index in [2.05, 4.69) is 29.1 Å². The Morgan fingerprint density at radius 2 is 2.17 bits per heavy atom. The number of rotatable bonds is 8. The van der Waals surface area contributed by atoms with Crippen LogP contribution in [0.1, 0.15) is 45.9 Å². The molecule has 0 amide bonds. The van der Waals surface area contributed by atoms with E-state index < -0.39 is 0 Å². The first-order chi connectivity index (χ1) is 8.65. The van der Waals surface area contributed by atoms with E-state index in [1.54, 1.807) is 6.07 Å². The normalized spacial score (nSPS) is 12.4. The molecular weight excluding hydrogens is 228 g/mol. The summed E-state index contributed by atoms with van der Waals surface area (Å²) in [5.74, 6) is 1.88. The van der Waals surface area contributed by atoms with Crippen LogP contribution in [0.5, 0.6) is 0 Å². The highest BCUT2D eigenvalue weighted by atomic mass is 16.5. The minimum Gasteiger partial charge on any atom is -0.384 e. The first-order valence-electron chi connectivity index (χ1n) is 6.63. The van der Waals surface area contributed by atoms with Crippen LogP contribution in [0, 0.1) is 0 Å². The summed E-state index contributed by atoms with van der Waals surface area (Å²) in [6.07, 6.45) is 3.54. The summed E-state index contributed by atoms with van der Waals surface area (Å²) in [6, 6.07) is 2.15. The SMILES string of the molecule is CCCCC(C)Nc1cc(N)nc(COCC)n1. The molecule has 1 aromatic heterocycles. The predicted octanol–water partition coefficient (Wildman–Crippen LogP) is 2.59. The lowest BCUT2D eigenvalue weighted by atomic mass is 10.1. The number of nitrogens with one attached hydrogen (secondary N) is 1. The van der Waals surface area contributed by atoms with E-state index in [1.165, 1.54) is 12.8 Å². The smallest absolute Gasteiger partial charge is 0.158 e. The maximum absolute atomic E-state index is 5.76. The summed E-state index contributed by atoms with van der Waals surface area (Å²) in [6.45, 7) is 7.33. The molecule has 1 atom stereocenters. The Balaban J connectivity index is 2.61. The lowest BCUT2D eigenvalue weighted by molar-refractivity contribution is 0.128. The van der Waals surface area contributed by atoms with Crippen LogP contribution >= 0.6 is 0 Å². The van der Waals surface area contributed by atoms with Crippen LogP contribution in [0.2, 0.25) is 0 Å². The molecule has 0 aliphatic heterocycles. The Bertz CT molecular complexity index is 357. The number of anilines is 2. The van der Waals surface area contributed by atoms with E-state index in [9.17, 15) is 0 Å². The van der Waals surface area contributed by atoms with Crippen LogP contribution in [0.4, 0.5) is 11.6 Å². The Labute approximate surface area is 109 Å². The highest BCUT2D eigenvalue weighted by Crippen LogP contribution is 2.12. The Morgan fingerprint density at radius 3 is 2.83 bits per heavy atom. The topological polar surface area (TPSA) is 73.1 Å². The number of nitrogens with zero attached hydrogens (tertiary/aromatic N) is 2. The third-order valence-corrected chi connectivity index (χ3v) is 2.61. The van der Waals surface area contributed by atoms with Crippen LogP contribution in [0.25, 0.3) is 0 Å². The van der Waals surface area contributed by atoms with Gasteiger partial charge in [-0.05, 0) is 20.3 Å². The van der Waals surface area contributed by atoms with Crippen molar-refractivity contribution in [2.24, 2.45) is 0 Å². The van der Waals surface area contributed by atoms with E-state index in [4.69, 9.17) is 10.5 Å². The fraction of sp³-hybridized carbons (Fsp3) is 0.692. The summed E-state index contributed by atoms with van der Waals surface area (Å²) in [5, 5.41) is 3.35. The molecule has 1 unspecified atom stereocenters. The predicted molar refractivity (Wildman–Crippen MR) is 74.4 cm³/mol. The average Bonchev–Trinajstić information content (AvgIpc) is 2.33. The van der Waals surface area contributed by atoms with E-state index in [1.807, 2.05) is 6.92 Å². The summed E-state index contributed by atoms with van der Waals surface area (Å²) >= 11 is 0. The number of nitrogen functional groups attached to an aromatic ring is 1. The average molecular weight is 252 g/mol. The van der Waals surface area contributed by atoms with Gasteiger partial charge in [-0.15, -0.1) is 0 Å². The highest BCUT2D eigenvalue weighted by Gasteiger charge is 2.06. The Hall–Kier alpha value is -1.36. The minimum atomic E-state index is 0.388. The zero-order valence-electron chi connectivity index (χ0n) is 11.6. The van der Waals surface area contributed by atoms with Crippen molar-refractivity contribution in [3.63, 3.8) is 0 Å². The summed E-state index contributed by atoms with van der Waals surface area (Å²) in [4.78, 5) is 8.53. The van der Waals surface area contributed by atoms with E-state index in [-0.39, 0.29) is 0 Å². The zero-order chi connectivity index (χ0) is 13.4. The maximum Gasteiger partial charge on any atom is 0.158 e. The van der Waals surface area contributed by atoms with Gasteiger partial charge in [0.15, 0.2) is 5.82 Å². The molecule has 0 spiro atoms. The molecule has 0 fully saturated rings. The fourth-order valence-corrected chi connectivity index (χ4v) is 1.68. The van der Waals surface area contributed by atoms with Crippen molar-refractivity contribution in [3.05, 3.63) is 11.9 Å². The third kappa shape index (κ3) is 5.31. The summed E-state index contributed by atoms with van der Waals surface area (Å²) in [5.41, 5.74) is 5.76. The van der Waals surface area contributed by atoms with Crippen molar-refractivity contribution in [1.82, 2.24) is 9.97 Å². The lowest BCUT2D eigenvalue weighted by Crippen LogP contribution is -2.17. The summed E-state index contributed by atoms with van der Waals surface area (Å²) < 4.78 is 5.29. The minimum absolute atomic E-state index is 0.388. The monoisotopic (exact) mass is 252 g/mol.